The number of thiazole rings is 1. The highest BCUT2D eigenvalue weighted by Crippen LogP contribution is 2.23. The SMILES string of the molecule is CCc1cccc2nc(Cn3ccnc3-c3nccs3)c(CC)n12. The average molecular weight is 337 g/mol. The van der Waals surface area contributed by atoms with Crippen LogP contribution in [0.25, 0.3) is 16.5 Å². The smallest absolute Gasteiger partial charge is 0.169 e. The van der Waals surface area contributed by atoms with Gasteiger partial charge in [-0.25, -0.2) is 15.0 Å². The van der Waals surface area contributed by atoms with Gasteiger partial charge in [0.05, 0.1) is 12.2 Å². The minimum absolute atomic E-state index is 0.711. The number of aromatic nitrogens is 5. The Balaban J connectivity index is 1.80. The fourth-order valence-corrected chi connectivity index (χ4v) is 3.81. The number of pyridine rings is 1. The van der Waals surface area contributed by atoms with Crippen LogP contribution in [0.2, 0.25) is 0 Å². The van der Waals surface area contributed by atoms with Gasteiger partial charge >= 0.3 is 0 Å². The molecule has 0 saturated carbocycles. The minimum atomic E-state index is 0.711. The van der Waals surface area contributed by atoms with Crippen LogP contribution in [0.1, 0.15) is 30.9 Å². The van der Waals surface area contributed by atoms with Crippen LogP contribution in [0.3, 0.4) is 0 Å². The van der Waals surface area contributed by atoms with Crippen molar-refractivity contribution >= 4 is 17.0 Å². The summed E-state index contributed by atoms with van der Waals surface area (Å²) in [5, 5.41) is 2.92. The van der Waals surface area contributed by atoms with Crippen LogP contribution in [-0.4, -0.2) is 23.9 Å². The van der Waals surface area contributed by atoms with Crippen LogP contribution < -0.4 is 0 Å². The summed E-state index contributed by atoms with van der Waals surface area (Å²) in [4.78, 5) is 13.7. The molecule has 24 heavy (non-hydrogen) atoms. The molecule has 0 N–H and O–H groups in total. The number of nitrogens with zero attached hydrogens (tertiary/aromatic N) is 5. The topological polar surface area (TPSA) is 48.0 Å². The molecule has 4 aromatic heterocycles. The summed E-state index contributed by atoms with van der Waals surface area (Å²) in [6, 6.07) is 6.34. The van der Waals surface area contributed by atoms with Gasteiger partial charge in [-0.2, -0.15) is 0 Å². The number of rotatable bonds is 5. The van der Waals surface area contributed by atoms with Crippen molar-refractivity contribution in [1.29, 1.82) is 0 Å². The molecule has 0 radical (unpaired) electrons. The Hall–Kier alpha value is -2.47. The molecule has 0 amide bonds. The molecule has 0 aromatic carbocycles. The molecule has 0 aliphatic rings. The van der Waals surface area contributed by atoms with E-state index in [9.17, 15) is 0 Å². The molecule has 0 aliphatic carbocycles. The van der Waals surface area contributed by atoms with Crippen LogP contribution >= 0.6 is 11.3 Å². The predicted molar refractivity (Wildman–Crippen MR) is 96.4 cm³/mol. The maximum Gasteiger partial charge on any atom is 0.169 e. The standard InChI is InChI=1S/C18H19N5S/c1-3-13-6-5-7-16-21-14(15(4-2)23(13)16)12-22-10-8-19-17(22)18-20-9-11-24-18/h5-11H,3-4,12H2,1-2H3. The van der Waals surface area contributed by atoms with E-state index in [1.807, 2.05) is 24.0 Å². The van der Waals surface area contributed by atoms with Crippen molar-refractivity contribution in [2.75, 3.05) is 0 Å². The lowest BCUT2D eigenvalue weighted by Crippen LogP contribution is -2.05. The summed E-state index contributed by atoms with van der Waals surface area (Å²) in [5.41, 5.74) is 4.71. The molecule has 4 aromatic rings. The van der Waals surface area contributed by atoms with Crippen LogP contribution in [0, 0.1) is 0 Å². The molecule has 0 saturated heterocycles. The molecule has 0 unspecified atom stereocenters. The third-order valence-electron chi connectivity index (χ3n) is 4.26. The second-order valence-electron chi connectivity index (χ2n) is 5.64. The van der Waals surface area contributed by atoms with E-state index in [1.54, 1.807) is 11.3 Å². The zero-order valence-corrected chi connectivity index (χ0v) is 14.6. The summed E-state index contributed by atoms with van der Waals surface area (Å²) in [6.45, 7) is 5.09. The van der Waals surface area contributed by atoms with Crippen molar-refractivity contribution in [3.05, 3.63) is 59.3 Å². The molecule has 0 aliphatic heterocycles. The van der Waals surface area contributed by atoms with E-state index in [0.717, 1.165) is 35.0 Å². The highest BCUT2D eigenvalue weighted by atomic mass is 32.1. The van der Waals surface area contributed by atoms with Crippen molar-refractivity contribution in [2.45, 2.75) is 33.2 Å². The second kappa shape index (κ2) is 6.20. The van der Waals surface area contributed by atoms with Gasteiger partial charge in [-0.15, -0.1) is 11.3 Å². The average Bonchev–Trinajstić information content (AvgIpc) is 3.33. The van der Waals surface area contributed by atoms with E-state index >= 15 is 0 Å². The van der Waals surface area contributed by atoms with Crippen molar-refractivity contribution in [2.24, 2.45) is 0 Å². The van der Waals surface area contributed by atoms with E-state index in [2.05, 4.69) is 51.0 Å². The van der Waals surface area contributed by atoms with Gasteiger partial charge in [0.25, 0.3) is 0 Å². The summed E-state index contributed by atoms with van der Waals surface area (Å²) >= 11 is 1.61. The Morgan fingerprint density at radius 2 is 2.00 bits per heavy atom. The zero-order valence-electron chi connectivity index (χ0n) is 13.8. The Morgan fingerprint density at radius 3 is 2.75 bits per heavy atom. The molecule has 0 bridgehead atoms. The van der Waals surface area contributed by atoms with E-state index in [1.165, 1.54) is 11.4 Å². The molecule has 122 valence electrons. The lowest BCUT2D eigenvalue weighted by Gasteiger charge is -2.08. The van der Waals surface area contributed by atoms with Crippen molar-refractivity contribution in [1.82, 2.24) is 23.9 Å². The Morgan fingerprint density at radius 1 is 1.08 bits per heavy atom. The first-order chi connectivity index (χ1) is 11.8. The molecule has 0 atom stereocenters. The van der Waals surface area contributed by atoms with Crippen LogP contribution in [0.5, 0.6) is 0 Å². The Bertz CT molecular complexity index is 965. The van der Waals surface area contributed by atoms with Gasteiger partial charge in [-0.1, -0.05) is 19.9 Å². The molecular formula is C18H19N5S. The first kappa shape index (κ1) is 15.1. The monoisotopic (exact) mass is 337 g/mol. The predicted octanol–water partition coefficient (Wildman–Crippen LogP) is 3.83. The zero-order chi connectivity index (χ0) is 16.5. The number of imidazole rings is 2. The van der Waals surface area contributed by atoms with E-state index in [0.29, 0.717) is 6.54 Å². The van der Waals surface area contributed by atoms with Crippen molar-refractivity contribution < 1.29 is 0 Å². The lowest BCUT2D eigenvalue weighted by molar-refractivity contribution is 0.769. The summed E-state index contributed by atoms with van der Waals surface area (Å²) in [7, 11) is 0. The van der Waals surface area contributed by atoms with Crippen molar-refractivity contribution in [3.8, 4) is 10.8 Å². The lowest BCUT2D eigenvalue weighted by atomic mass is 10.2. The molecule has 4 heterocycles. The normalized spacial score (nSPS) is 11.4. The maximum absolute atomic E-state index is 4.89. The summed E-state index contributed by atoms with van der Waals surface area (Å²) in [5.74, 6) is 0.903. The highest BCUT2D eigenvalue weighted by molar-refractivity contribution is 7.13. The van der Waals surface area contributed by atoms with Crippen LogP contribution in [0.15, 0.2) is 42.2 Å². The highest BCUT2D eigenvalue weighted by Gasteiger charge is 2.15. The maximum atomic E-state index is 4.89. The fraction of sp³-hybridized carbons (Fsp3) is 0.278. The van der Waals surface area contributed by atoms with E-state index in [4.69, 9.17) is 4.98 Å². The largest absolute Gasteiger partial charge is 0.323 e. The van der Waals surface area contributed by atoms with Gasteiger partial charge in [-0.3, -0.25) is 0 Å². The molecular weight excluding hydrogens is 318 g/mol. The summed E-state index contributed by atoms with van der Waals surface area (Å²) in [6.07, 6.45) is 7.59. The first-order valence-electron chi connectivity index (χ1n) is 8.21. The summed E-state index contributed by atoms with van der Waals surface area (Å²) < 4.78 is 4.43. The number of aryl methyl sites for hydroxylation is 2. The fourth-order valence-electron chi connectivity index (χ4n) is 3.17. The number of hydrogen-bond acceptors (Lipinski definition) is 4. The first-order valence-corrected chi connectivity index (χ1v) is 9.08. The number of hydrogen-bond donors (Lipinski definition) is 0. The third kappa shape index (κ3) is 2.43. The molecule has 5 nitrogen and oxygen atoms in total. The van der Waals surface area contributed by atoms with Crippen LogP contribution in [0.4, 0.5) is 0 Å². The van der Waals surface area contributed by atoms with Crippen LogP contribution in [-0.2, 0) is 19.4 Å². The Kier molecular flexibility index (Phi) is 3.90. The molecule has 0 fully saturated rings. The van der Waals surface area contributed by atoms with Gasteiger partial charge in [0.1, 0.15) is 5.65 Å². The van der Waals surface area contributed by atoms with Gasteiger partial charge < -0.3 is 8.97 Å². The molecule has 0 spiro atoms. The Labute approximate surface area is 144 Å². The second-order valence-corrected chi connectivity index (χ2v) is 6.53. The van der Waals surface area contributed by atoms with Gasteiger partial charge in [0.2, 0.25) is 0 Å². The van der Waals surface area contributed by atoms with Gasteiger partial charge in [0, 0.05) is 35.4 Å². The molecule has 6 heteroatoms. The minimum Gasteiger partial charge on any atom is -0.323 e. The van der Waals surface area contributed by atoms with Crippen molar-refractivity contribution in [3.63, 3.8) is 0 Å². The molecule has 4 rings (SSSR count). The van der Waals surface area contributed by atoms with E-state index in [-0.39, 0.29) is 0 Å². The quantitative estimate of drug-likeness (QED) is 0.556. The van der Waals surface area contributed by atoms with E-state index < -0.39 is 0 Å². The third-order valence-corrected chi connectivity index (χ3v) is 5.03. The van der Waals surface area contributed by atoms with Gasteiger partial charge in [0.15, 0.2) is 10.8 Å². The number of fused-ring (bicyclic) bond motifs is 1. The van der Waals surface area contributed by atoms with Gasteiger partial charge in [-0.05, 0) is 25.0 Å².